The number of nitrogens with one attached hydrogen (secondary N) is 1. The topological polar surface area (TPSA) is 65.0 Å². The third-order valence-corrected chi connectivity index (χ3v) is 3.49. The fraction of sp³-hybridized carbons (Fsp3) is 0.176. The summed E-state index contributed by atoms with van der Waals surface area (Å²) in [5, 5.41) is 18.8. The van der Waals surface area contributed by atoms with Crippen LogP contribution in [0.25, 0.3) is 5.69 Å². The van der Waals surface area contributed by atoms with Crippen molar-refractivity contribution in [2.75, 3.05) is 6.54 Å². The number of para-hydroxylation sites is 1. The summed E-state index contributed by atoms with van der Waals surface area (Å²) in [4.78, 5) is 0. The molecule has 0 aliphatic rings. The molecule has 0 bridgehead atoms. The Labute approximate surface area is 133 Å². The summed E-state index contributed by atoms with van der Waals surface area (Å²) in [6.45, 7) is 1.00. The molecule has 2 aromatic carbocycles. The van der Waals surface area contributed by atoms with Gasteiger partial charge in [-0.05, 0) is 35.3 Å². The van der Waals surface area contributed by atoms with E-state index in [9.17, 15) is 9.50 Å². The zero-order chi connectivity index (χ0) is 16.1. The Morgan fingerprint density at radius 1 is 1.09 bits per heavy atom. The smallest absolute Gasteiger partial charge is 0.253 e. The first-order valence-corrected chi connectivity index (χ1v) is 7.32. The number of hydrogen-bond donors (Lipinski definition) is 1. The van der Waals surface area contributed by atoms with Gasteiger partial charge in [-0.3, -0.25) is 0 Å². The molecule has 0 spiro atoms. The van der Waals surface area contributed by atoms with Crippen LogP contribution in [0.4, 0.5) is 4.39 Å². The highest BCUT2D eigenvalue weighted by Crippen LogP contribution is 2.10. The molecule has 23 heavy (non-hydrogen) atoms. The molecule has 5 nitrogen and oxygen atoms in total. The molecule has 1 heterocycles. The highest BCUT2D eigenvalue weighted by atomic mass is 19.1. The van der Waals surface area contributed by atoms with E-state index in [0.29, 0.717) is 18.8 Å². The van der Waals surface area contributed by atoms with Crippen molar-refractivity contribution in [1.29, 1.82) is 0 Å². The van der Waals surface area contributed by atoms with Crippen LogP contribution in [0.5, 0.6) is 5.95 Å². The van der Waals surface area contributed by atoms with Gasteiger partial charge >= 0.3 is 0 Å². The molecule has 0 fully saturated rings. The van der Waals surface area contributed by atoms with Gasteiger partial charge in [0, 0.05) is 12.1 Å². The molecule has 0 radical (unpaired) electrons. The zero-order valence-corrected chi connectivity index (χ0v) is 12.4. The van der Waals surface area contributed by atoms with Crippen LogP contribution in [0.2, 0.25) is 0 Å². The normalized spacial score (nSPS) is 10.8. The third kappa shape index (κ3) is 3.73. The predicted octanol–water partition coefficient (Wildman–Crippen LogP) is 1.50. The number of nitrogens with zero attached hydrogens (tertiary/aromatic N) is 2. The maximum Gasteiger partial charge on any atom is 0.253 e. The van der Waals surface area contributed by atoms with Crippen molar-refractivity contribution in [3.63, 3.8) is 0 Å². The maximum atomic E-state index is 12.8. The second-order valence-electron chi connectivity index (χ2n) is 5.11. The van der Waals surface area contributed by atoms with E-state index in [1.165, 1.54) is 16.8 Å². The summed E-state index contributed by atoms with van der Waals surface area (Å²) in [6, 6.07) is 15.7. The van der Waals surface area contributed by atoms with Gasteiger partial charge in [0.25, 0.3) is 5.69 Å². The average molecular weight is 313 g/mol. The molecule has 3 rings (SSSR count). The molecule has 118 valence electrons. The van der Waals surface area contributed by atoms with E-state index in [1.54, 1.807) is 12.1 Å². The van der Waals surface area contributed by atoms with Gasteiger partial charge in [-0.2, -0.15) is 0 Å². The summed E-state index contributed by atoms with van der Waals surface area (Å²) in [5.41, 5.74) is 2.24. The quantitative estimate of drug-likeness (QED) is 0.553. The summed E-state index contributed by atoms with van der Waals surface area (Å²) in [7, 11) is 0. The Balaban J connectivity index is 1.60. The van der Waals surface area contributed by atoms with Crippen LogP contribution >= 0.6 is 0 Å². The Kier molecular flexibility index (Phi) is 4.63. The van der Waals surface area contributed by atoms with E-state index >= 15 is 0 Å². The van der Waals surface area contributed by atoms with E-state index < -0.39 is 5.95 Å². The SMILES string of the molecule is [O-]c1on[n+](-c2ccccc2)c1CNCCc1ccc(F)cc1. The monoisotopic (exact) mass is 313 g/mol. The van der Waals surface area contributed by atoms with Gasteiger partial charge in [-0.15, -0.1) is 0 Å². The average Bonchev–Trinajstić information content (AvgIpc) is 2.95. The van der Waals surface area contributed by atoms with Crippen molar-refractivity contribution < 1.29 is 18.7 Å². The first-order chi connectivity index (χ1) is 11.2. The molecule has 6 heteroatoms. The molecule has 0 saturated carbocycles. The molecule has 0 atom stereocenters. The van der Waals surface area contributed by atoms with Crippen LogP contribution in [0.1, 0.15) is 11.3 Å². The molecule has 0 aliphatic carbocycles. The van der Waals surface area contributed by atoms with Crippen LogP contribution in [-0.2, 0) is 13.0 Å². The molecule has 0 amide bonds. The number of rotatable bonds is 6. The second-order valence-corrected chi connectivity index (χ2v) is 5.11. The lowest BCUT2D eigenvalue weighted by molar-refractivity contribution is -0.677. The van der Waals surface area contributed by atoms with Gasteiger partial charge in [-0.25, -0.2) is 4.39 Å². The van der Waals surface area contributed by atoms with Gasteiger partial charge in [-0.1, -0.05) is 30.3 Å². The van der Waals surface area contributed by atoms with Gasteiger partial charge in [0.1, 0.15) is 5.82 Å². The third-order valence-electron chi connectivity index (χ3n) is 3.49. The molecule has 3 aromatic rings. The van der Waals surface area contributed by atoms with E-state index in [4.69, 9.17) is 4.52 Å². The molecular formula is C17H16FN3O2. The van der Waals surface area contributed by atoms with E-state index in [1.807, 2.05) is 30.3 Å². The van der Waals surface area contributed by atoms with Crippen molar-refractivity contribution in [3.8, 4) is 11.6 Å². The number of benzene rings is 2. The van der Waals surface area contributed by atoms with E-state index in [0.717, 1.165) is 17.7 Å². The minimum atomic E-state index is -0.455. The van der Waals surface area contributed by atoms with Crippen molar-refractivity contribution in [2.45, 2.75) is 13.0 Å². The Hall–Kier alpha value is -2.73. The van der Waals surface area contributed by atoms with Crippen LogP contribution in [0.15, 0.2) is 59.1 Å². The maximum absolute atomic E-state index is 12.8. The lowest BCUT2D eigenvalue weighted by atomic mass is 10.1. The van der Waals surface area contributed by atoms with Crippen molar-refractivity contribution in [3.05, 3.63) is 71.7 Å². The predicted molar refractivity (Wildman–Crippen MR) is 79.3 cm³/mol. The molecule has 0 aliphatic heterocycles. The second kappa shape index (κ2) is 7.02. The fourth-order valence-electron chi connectivity index (χ4n) is 2.28. The van der Waals surface area contributed by atoms with Crippen LogP contribution in [0.3, 0.4) is 0 Å². The highest BCUT2D eigenvalue weighted by molar-refractivity contribution is 5.22. The van der Waals surface area contributed by atoms with Gasteiger partial charge in [0.15, 0.2) is 5.95 Å². The number of aromatic nitrogens is 2. The van der Waals surface area contributed by atoms with E-state index in [2.05, 4.69) is 10.6 Å². The lowest BCUT2D eigenvalue weighted by Crippen LogP contribution is -2.39. The number of halogens is 1. The van der Waals surface area contributed by atoms with Gasteiger partial charge in [0.05, 0.1) is 11.8 Å². The largest absolute Gasteiger partial charge is 0.539 e. The van der Waals surface area contributed by atoms with E-state index in [-0.39, 0.29) is 5.82 Å². The summed E-state index contributed by atoms with van der Waals surface area (Å²) in [5.74, 6) is -0.700. The van der Waals surface area contributed by atoms with Crippen molar-refractivity contribution >= 4 is 0 Å². The fourth-order valence-corrected chi connectivity index (χ4v) is 2.28. The Morgan fingerprint density at radius 2 is 1.83 bits per heavy atom. The Bertz CT molecular complexity index is 757. The zero-order valence-electron chi connectivity index (χ0n) is 12.4. The van der Waals surface area contributed by atoms with Crippen LogP contribution in [-0.4, -0.2) is 11.8 Å². The van der Waals surface area contributed by atoms with Crippen LogP contribution in [0, 0.1) is 5.82 Å². The summed E-state index contributed by atoms with van der Waals surface area (Å²) < 4.78 is 19.1. The standard InChI is InChI=1S/C17H16FN3O2/c18-14-8-6-13(7-9-14)10-11-19-12-16-17(22)23-20-21(16)15-4-2-1-3-5-15/h1-9,19H,10-12H2. The minimum absolute atomic E-state index is 0.244. The molecule has 0 saturated heterocycles. The first kappa shape index (κ1) is 15.2. The molecule has 1 N–H and O–H groups in total. The first-order valence-electron chi connectivity index (χ1n) is 7.32. The summed E-state index contributed by atoms with van der Waals surface area (Å²) in [6.07, 6.45) is 0.741. The Morgan fingerprint density at radius 3 is 2.57 bits per heavy atom. The van der Waals surface area contributed by atoms with Crippen LogP contribution < -0.4 is 15.1 Å². The summed E-state index contributed by atoms with van der Waals surface area (Å²) >= 11 is 0. The highest BCUT2D eigenvalue weighted by Gasteiger charge is 2.19. The minimum Gasteiger partial charge on any atom is -0.539 e. The molecular weight excluding hydrogens is 297 g/mol. The van der Waals surface area contributed by atoms with Crippen molar-refractivity contribution in [2.24, 2.45) is 0 Å². The lowest BCUT2D eigenvalue weighted by Gasteiger charge is -2.03. The number of hydrogen-bond acceptors (Lipinski definition) is 4. The van der Waals surface area contributed by atoms with Gasteiger partial charge < -0.3 is 14.9 Å². The van der Waals surface area contributed by atoms with Gasteiger partial charge in [0.2, 0.25) is 5.69 Å². The molecule has 0 unspecified atom stereocenters. The van der Waals surface area contributed by atoms with Crippen molar-refractivity contribution in [1.82, 2.24) is 10.6 Å². The molecule has 1 aromatic heterocycles.